The van der Waals surface area contributed by atoms with E-state index in [4.69, 9.17) is 0 Å². The van der Waals surface area contributed by atoms with Gasteiger partial charge in [-0.25, -0.2) is 0 Å². The van der Waals surface area contributed by atoms with Crippen LogP contribution in [0.4, 0.5) is 0 Å². The molecule has 0 aliphatic carbocycles. The highest BCUT2D eigenvalue weighted by Gasteiger charge is 2.38. The average Bonchev–Trinajstić information content (AvgIpc) is 2.65. The van der Waals surface area contributed by atoms with E-state index in [9.17, 15) is 4.79 Å². The lowest BCUT2D eigenvalue weighted by atomic mass is 9.95. The van der Waals surface area contributed by atoms with Crippen molar-refractivity contribution in [3.8, 4) is 0 Å². The lowest BCUT2D eigenvalue weighted by molar-refractivity contribution is -0.131. The summed E-state index contributed by atoms with van der Waals surface area (Å²) in [6.45, 7) is 13.6. The van der Waals surface area contributed by atoms with Crippen LogP contribution in [0.3, 0.4) is 0 Å². The second-order valence-electron chi connectivity index (χ2n) is 7.64. The average molecular weight is 288 g/mol. The van der Waals surface area contributed by atoms with Gasteiger partial charge in [0.05, 0.1) is 6.04 Å². The molecule has 2 rings (SSSR count). The molecule has 1 aromatic rings. The highest BCUT2D eigenvalue weighted by atomic mass is 16.2. The minimum absolute atomic E-state index is 0.00654. The maximum absolute atomic E-state index is 12.4. The molecule has 1 heterocycles. The van der Waals surface area contributed by atoms with Crippen molar-refractivity contribution in [3.05, 3.63) is 35.4 Å². The quantitative estimate of drug-likeness (QED) is 0.920. The smallest absolute Gasteiger partial charge is 0.241 e. The molecule has 0 saturated carbocycles. The number of rotatable bonds is 3. The van der Waals surface area contributed by atoms with Crippen molar-refractivity contribution in [2.24, 2.45) is 5.41 Å². The summed E-state index contributed by atoms with van der Waals surface area (Å²) in [5, 5.41) is 3.42. The number of hydrogen-bond acceptors (Lipinski definition) is 2. The van der Waals surface area contributed by atoms with Crippen LogP contribution in [-0.4, -0.2) is 23.4 Å². The van der Waals surface area contributed by atoms with Crippen LogP contribution in [0, 0.1) is 5.41 Å². The van der Waals surface area contributed by atoms with Crippen LogP contribution in [0.5, 0.6) is 0 Å². The molecule has 1 aliphatic rings. The lowest BCUT2D eigenvalue weighted by Gasteiger charge is -2.31. The lowest BCUT2D eigenvalue weighted by Crippen LogP contribution is -2.37. The molecule has 0 aromatic heterocycles. The van der Waals surface area contributed by atoms with Crippen LogP contribution in [0.15, 0.2) is 24.3 Å². The third kappa shape index (κ3) is 3.65. The van der Waals surface area contributed by atoms with Crippen LogP contribution in [0.2, 0.25) is 0 Å². The predicted molar refractivity (Wildman–Crippen MR) is 87.0 cm³/mol. The Morgan fingerprint density at radius 2 is 1.76 bits per heavy atom. The number of benzene rings is 1. The molecule has 2 unspecified atom stereocenters. The second-order valence-corrected chi connectivity index (χ2v) is 7.64. The van der Waals surface area contributed by atoms with E-state index in [-0.39, 0.29) is 23.5 Å². The third-order valence-corrected chi connectivity index (χ3v) is 3.94. The molecular formula is C18H28N2O. The molecule has 116 valence electrons. The molecule has 1 aromatic carbocycles. The topological polar surface area (TPSA) is 32.3 Å². The van der Waals surface area contributed by atoms with E-state index in [0.29, 0.717) is 5.92 Å². The molecule has 21 heavy (non-hydrogen) atoms. The third-order valence-electron chi connectivity index (χ3n) is 3.94. The molecule has 1 amide bonds. The van der Waals surface area contributed by atoms with Gasteiger partial charge >= 0.3 is 0 Å². The Morgan fingerprint density at radius 1 is 1.19 bits per heavy atom. The zero-order valence-electron chi connectivity index (χ0n) is 14.1. The van der Waals surface area contributed by atoms with Crippen molar-refractivity contribution >= 4 is 5.91 Å². The molecule has 1 N–H and O–H groups in total. The number of carbonyl (C=O) groups is 1. The van der Waals surface area contributed by atoms with Crippen LogP contribution in [-0.2, 0) is 4.79 Å². The van der Waals surface area contributed by atoms with Gasteiger partial charge in [-0.15, -0.1) is 0 Å². The van der Waals surface area contributed by atoms with Crippen LogP contribution < -0.4 is 5.32 Å². The monoisotopic (exact) mass is 288 g/mol. The molecule has 1 aliphatic heterocycles. The number of hydrogen-bond donors (Lipinski definition) is 1. The summed E-state index contributed by atoms with van der Waals surface area (Å²) in [4.78, 5) is 14.4. The molecule has 1 fully saturated rings. The Balaban J connectivity index is 2.25. The summed E-state index contributed by atoms with van der Waals surface area (Å²) < 4.78 is 0. The van der Waals surface area contributed by atoms with Gasteiger partial charge in [-0.1, -0.05) is 58.9 Å². The van der Waals surface area contributed by atoms with Crippen molar-refractivity contribution in [2.75, 3.05) is 6.54 Å². The van der Waals surface area contributed by atoms with Gasteiger partial charge in [0.1, 0.15) is 6.17 Å². The van der Waals surface area contributed by atoms with Crippen molar-refractivity contribution in [2.45, 2.75) is 59.7 Å². The Kier molecular flexibility index (Phi) is 4.43. The molecule has 0 radical (unpaired) electrons. The van der Waals surface area contributed by atoms with E-state index < -0.39 is 0 Å². The number of amides is 1. The van der Waals surface area contributed by atoms with Gasteiger partial charge in [0, 0.05) is 6.54 Å². The van der Waals surface area contributed by atoms with Gasteiger partial charge in [0.25, 0.3) is 0 Å². The van der Waals surface area contributed by atoms with E-state index in [1.807, 2.05) is 11.8 Å². The standard InChI is InChI=1S/C18H28N2O/c1-12(2)14-7-9-15(10-8-14)16-19-13(3)17(21)20(16)11-18(4,5)6/h7-10,12-13,16,19H,11H2,1-6H3. The largest absolute Gasteiger partial charge is 0.321 e. The van der Waals surface area contributed by atoms with Crippen molar-refractivity contribution in [1.29, 1.82) is 0 Å². The highest BCUT2D eigenvalue weighted by Crippen LogP contribution is 2.30. The first-order valence-electron chi connectivity index (χ1n) is 7.85. The molecule has 0 spiro atoms. The van der Waals surface area contributed by atoms with E-state index in [1.54, 1.807) is 0 Å². The summed E-state index contributed by atoms with van der Waals surface area (Å²) in [7, 11) is 0. The summed E-state index contributed by atoms with van der Waals surface area (Å²) >= 11 is 0. The highest BCUT2D eigenvalue weighted by molar-refractivity contribution is 5.84. The van der Waals surface area contributed by atoms with E-state index in [0.717, 1.165) is 6.54 Å². The zero-order valence-corrected chi connectivity index (χ0v) is 14.1. The summed E-state index contributed by atoms with van der Waals surface area (Å²) in [6, 6.07) is 8.53. The minimum Gasteiger partial charge on any atom is -0.321 e. The van der Waals surface area contributed by atoms with Gasteiger partial charge in [-0.3, -0.25) is 10.1 Å². The predicted octanol–water partition coefficient (Wildman–Crippen LogP) is 3.68. The molecule has 3 heteroatoms. The van der Waals surface area contributed by atoms with Gasteiger partial charge in [-0.05, 0) is 29.4 Å². The van der Waals surface area contributed by atoms with Gasteiger partial charge in [-0.2, -0.15) is 0 Å². The molecular weight excluding hydrogens is 260 g/mol. The Morgan fingerprint density at radius 3 is 2.24 bits per heavy atom. The zero-order chi connectivity index (χ0) is 15.8. The fourth-order valence-corrected chi connectivity index (χ4v) is 2.79. The first-order valence-corrected chi connectivity index (χ1v) is 7.85. The van der Waals surface area contributed by atoms with Crippen LogP contribution >= 0.6 is 0 Å². The maximum Gasteiger partial charge on any atom is 0.241 e. The van der Waals surface area contributed by atoms with Gasteiger partial charge in [0.15, 0.2) is 0 Å². The number of nitrogens with one attached hydrogen (secondary N) is 1. The fourth-order valence-electron chi connectivity index (χ4n) is 2.79. The van der Waals surface area contributed by atoms with Crippen LogP contribution in [0.1, 0.15) is 64.8 Å². The summed E-state index contributed by atoms with van der Waals surface area (Å²) in [6.07, 6.45) is -0.00654. The first-order chi connectivity index (χ1) is 9.69. The molecule has 0 bridgehead atoms. The Labute approximate surface area is 128 Å². The van der Waals surface area contributed by atoms with E-state index >= 15 is 0 Å². The van der Waals surface area contributed by atoms with E-state index in [1.165, 1.54) is 11.1 Å². The van der Waals surface area contributed by atoms with E-state index in [2.05, 4.69) is 64.2 Å². The summed E-state index contributed by atoms with van der Waals surface area (Å²) in [5.74, 6) is 0.727. The molecule has 2 atom stereocenters. The normalized spacial score (nSPS) is 23.2. The molecule has 3 nitrogen and oxygen atoms in total. The Bertz CT molecular complexity index is 499. The molecule has 1 saturated heterocycles. The van der Waals surface area contributed by atoms with Crippen molar-refractivity contribution in [1.82, 2.24) is 10.2 Å². The van der Waals surface area contributed by atoms with Gasteiger partial charge in [0.2, 0.25) is 5.91 Å². The SMILES string of the molecule is CC1NC(c2ccc(C(C)C)cc2)N(CC(C)(C)C)C1=O. The minimum atomic E-state index is -0.109. The second kappa shape index (κ2) is 5.80. The number of nitrogens with zero attached hydrogens (tertiary/aromatic N) is 1. The Hall–Kier alpha value is -1.35. The summed E-state index contributed by atoms with van der Waals surface area (Å²) in [5.41, 5.74) is 2.59. The first kappa shape index (κ1) is 16.0. The van der Waals surface area contributed by atoms with Crippen LogP contribution in [0.25, 0.3) is 0 Å². The number of carbonyl (C=O) groups excluding carboxylic acids is 1. The van der Waals surface area contributed by atoms with Crippen molar-refractivity contribution < 1.29 is 4.79 Å². The maximum atomic E-state index is 12.4. The van der Waals surface area contributed by atoms with Gasteiger partial charge < -0.3 is 4.90 Å². The fraction of sp³-hybridized carbons (Fsp3) is 0.611. The van der Waals surface area contributed by atoms with Crippen molar-refractivity contribution in [3.63, 3.8) is 0 Å².